The largest absolute Gasteiger partial charge is 0.508 e. The van der Waals surface area contributed by atoms with Crippen molar-refractivity contribution in [2.24, 2.45) is 15.8 Å². The van der Waals surface area contributed by atoms with Gasteiger partial charge in [0.2, 0.25) is 0 Å². The smallest absolute Gasteiger partial charge is 0.434 e. The van der Waals surface area contributed by atoms with E-state index in [2.05, 4.69) is 17.0 Å². The second-order valence-electron chi connectivity index (χ2n) is 11.9. The second-order valence-corrected chi connectivity index (χ2v) is 11.9. The average molecular weight is 579 g/mol. The van der Waals surface area contributed by atoms with Crippen LogP contribution < -0.4 is 5.73 Å². The first-order chi connectivity index (χ1) is 19.9. The Morgan fingerprint density at radius 3 is 2.12 bits per heavy atom. The number of hydrazone groups is 1. The minimum absolute atomic E-state index is 0.217. The number of unbranched alkanes of at least 4 members (excludes halogenated alkanes) is 15. The van der Waals surface area contributed by atoms with Crippen LogP contribution in [0.4, 0.5) is 4.79 Å². The molecule has 0 aromatic heterocycles. The van der Waals surface area contributed by atoms with Gasteiger partial charge < -0.3 is 30.2 Å². The zero-order valence-electron chi connectivity index (χ0n) is 25.3. The predicted molar refractivity (Wildman–Crippen MR) is 161 cm³/mol. The first-order valence-electron chi connectivity index (χ1n) is 16.1. The van der Waals surface area contributed by atoms with E-state index in [4.69, 9.17) is 19.9 Å². The molecule has 0 saturated carbocycles. The van der Waals surface area contributed by atoms with Crippen LogP contribution in [0.1, 0.15) is 123 Å². The summed E-state index contributed by atoms with van der Waals surface area (Å²) in [4.78, 5) is 16.1. The van der Waals surface area contributed by atoms with Crippen molar-refractivity contribution in [2.45, 2.75) is 153 Å². The van der Waals surface area contributed by atoms with Gasteiger partial charge in [0.1, 0.15) is 36.9 Å². The minimum atomic E-state index is -1.23. The highest BCUT2D eigenvalue weighted by atomic mass is 16.7. The summed E-state index contributed by atoms with van der Waals surface area (Å²) >= 11 is 0. The maximum absolute atomic E-state index is 12.1. The Balaban J connectivity index is 1.17. The van der Waals surface area contributed by atoms with Crippen LogP contribution >= 0.6 is 0 Å². The Bertz CT molecular complexity index is 881. The number of aliphatic imine (C=N–C) groups is 1. The predicted octanol–water partition coefficient (Wildman–Crippen LogP) is 5.55. The summed E-state index contributed by atoms with van der Waals surface area (Å²) in [5.41, 5.74) is 5.44. The van der Waals surface area contributed by atoms with E-state index in [-0.39, 0.29) is 12.6 Å². The maximum atomic E-state index is 12.1. The van der Waals surface area contributed by atoms with Crippen LogP contribution in [-0.2, 0) is 14.2 Å². The molecule has 1 saturated heterocycles. The fraction of sp³-hybridized carbons (Fsp3) is 0.839. The van der Waals surface area contributed by atoms with E-state index in [0.717, 1.165) is 19.3 Å². The molecular formula is C31H54N4O6. The number of nitrogens with two attached hydrogens (primary N) is 1. The molecule has 3 heterocycles. The van der Waals surface area contributed by atoms with Crippen LogP contribution in [-0.4, -0.2) is 76.7 Å². The second kappa shape index (κ2) is 17.7. The Morgan fingerprint density at radius 2 is 1.54 bits per heavy atom. The van der Waals surface area contributed by atoms with Gasteiger partial charge in [-0.2, -0.15) is 5.10 Å². The van der Waals surface area contributed by atoms with Crippen LogP contribution in [0, 0.1) is 0 Å². The van der Waals surface area contributed by atoms with Crippen LogP contribution in [0.3, 0.4) is 0 Å². The van der Waals surface area contributed by atoms with Crippen molar-refractivity contribution in [3.8, 4) is 0 Å². The van der Waals surface area contributed by atoms with Gasteiger partial charge in [-0.1, -0.05) is 109 Å². The molecule has 10 heteroatoms. The maximum Gasteiger partial charge on any atom is 0.508 e. The third-order valence-electron chi connectivity index (χ3n) is 8.65. The lowest BCUT2D eigenvalue weighted by Gasteiger charge is -2.39. The minimum Gasteiger partial charge on any atom is -0.434 e. The number of rotatable bonds is 20. The first-order valence-corrected chi connectivity index (χ1v) is 16.1. The average Bonchev–Trinajstić information content (AvgIpc) is 3.50. The molecule has 0 spiro atoms. The number of ether oxygens (including phenoxy) is 3. The van der Waals surface area contributed by atoms with Crippen LogP contribution in [0.25, 0.3) is 0 Å². The summed E-state index contributed by atoms with van der Waals surface area (Å²) in [6.07, 6.45) is 20.2. The van der Waals surface area contributed by atoms with Gasteiger partial charge in [0, 0.05) is 0 Å². The fourth-order valence-corrected chi connectivity index (χ4v) is 6.05. The molecule has 3 rings (SSSR count). The zero-order chi connectivity index (χ0) is 29.5. The highest BCUT2D eigenvalue weighted by Gasteiger charge is 2.58. The molecule has 0 amide bonds. The van der Waals surface area contributed by atoms with Gasteiger partial charge in [0.25, 0.3) is 0 Å². The first kappa shape index (κ1) is 33.3. The van der Waals surface area contributed by atoms with E-state index >= 15 is 0 Å². The van der Waals surface area contributed by atoms with Gasteiger partial charge in [-0.15, -0.1) is 0 Å². The molecule has 4 N–H and O–H groups in total. The van der Waals surface area contributed by atoms with Crippen molar-refractivity contribution in [1.82, 2.24) is 5.01 Å². The van der Waals surface area contributed by atoms with E-state index in [1.807, 2.05) is 6.08 Å². The Morgan fingerprint density at radius 1 is 0.976 bits per heavy atom. The number of amidine groups is 1. The SMILES string of the molecule is CCCCCCCCCCCCCCCCCCOC(=O)OC[C@H]1O[C@@](C)(C2CC=C3C(N)=NC=NN32)[C@H](O)[C@@H]1O. The van der Waals surface area contributed by atoms with Crippen molar-refractivity contribution < 1.29 is 29.2 Å². The summed E-state index contributed by atoms with van der Waals surface area (Å²) in [6.45, 7) is 4.07. The number of hydrogen-bond donors (Lipinski definition) is 3. The number of fused-ring (bicyclic) bond motifs is 1. The Hall–Kier alpha value is -2.17. The van der Waals surface area contributed by atoms with Crippen molar-refractivity contribution in [3.63, 3.8) is 0 Å². The topological polar surface area (TPSA) is 139 Å². The molecule has 3 aliphatic rings. The molecule has 0 aromatic rings. The van der Waals surface area contributed by atoms with Crippen LogP contribution in [0.15, 0.2) is 21.9 Å². The molecule has 0 radical (unpaired) electrons. The summed E-state index contributed by atoms with van der Waals surface area (Å²) in [5, 5.41) is 27.4. The summed E-state index contributed by atoms with van der Waals surface area (Å²) in [7, 11) is 0. The normalized spacial score (nSPS) is 27.1. The van der Waals surface area contributed by atoms with Gasteiger partial charge in [0.15, 0.2) is 5.84 Å². The zero-order valence-corrected chi connectivity index (χ0v) is 25.3. The van der Waals surface area contributed by atoms with Gasteiger partial charge in [0.05, 0.1) is 18.3 Å². The molecule has 1 unspecified atom stereocenters. The molecule has 41 heavy (non-hydrogen) atoms. The fourth-order valence-electron chi connectivity index (χ4n) is 6.05. The van der Waals surface area contributed by atoms with E-state index in [1.54, 1.807) is 11.9 Å². The number of hydrogen-bond acceptors (Lipinski definition) is 10. The highest BCUT2D eigenvalue weighted by Crippen LogP contribution is 2.41. The standard InChI is InChI=1S/C31H54N4O6/c1-3-4-5-6-7-8-9-10-11-12-13-14-15-16-17-18-21-39-30(38)40-22-25-27(36)28(37)31(2,41-25)26-20-19-24-29(32)33-23-34-35(24)26/h19,23,25-28,36-37H,3-18,20-22H2,1-2H3,(H2,32,33,34)/t25-,26?,27-,28-,31+/m1/s1. The lowest BCUT2D eigenvalue weighted by atomic mass is 9.87. The van der Waals surface area contributed by atoms with Crippen LogP contribution in [0.2, 0.25) is 0 Å². The number of carbonyl (C=O) groups is 1. The lowest BCUT2D eigenvalue weighted by Crippen LogP contribution is -2.55. The monoisotopic (exact) mass is 578 g/mol. The van der Waals surface area contributed by atoms with Crippen molar-refractivity contribution in [3.05, 3.63) is 11.8 Å². The molecule has 0 aromatic carbocycles. The van der Waals surface area contributed by atoms with Crippen LogP contribution in [0.5, 0.6) is 0 Å². The molecular weight excluding hydrogens is 524 g/mol. The van der Waals surface area contributed by atoms with E-state index in [0.29, 0.717) is 24.6 Å². The summed E-state index contributed by atoms with van der Waals surface area (Å²) in [5.74, 6) is 0.339. The molecule has 10 nitrogen and oxygen atoms in total. The van der Waals surface area contributed by atoms with Crippen molar-refractivity contribution in [1.29, 1.82) is 0 Å². The van der Waals surface area contributed by atoms with E-state index < -0.39 is 30.1 Å². The van der Waals surface area contributed by atoms with Crippen molar-refractivity contribution >= 4 is 18.3 Å². The number of aliphatic hydroxyl groups excluding tert-OH is 2. The van der Waals surface area contributed by atoms with Gasteiger partial charge in [-0.25, -0.2) is 9.79 Å². The third-order valence-corrected chi connectivity index (χ3v) is 8.65. The molecule has 234 valence electrons. The summed E-state index contributed by atoms with van der Waals surface area (Å²) in [6, 6.07) is -0.390. The third kappa shape index (κ3) is 9.96. The lowest BCUT2D eigenvalue weighted by molar-refractivity contribution is -0.119. The summed E-state index contributed by atoms with van der Waals surface area (Å²) < 4.78 is 16.5. The highest BCUT2D eigenvalue weighted by molar-refractivity contribution is 6.02. The Kier molecular flexibility index (Phi) is 14.4. The van der Waals surface area contributed by atoms with Gasteiger partial charge in [-0.3, -0.25) is 5.01 Å². The number of carbonyl (C=O) groups excluding carboxylic acids is 1. The van der Waals surface area contributed by atoms with Gasteiger partial charge >= 0.3 is 6.16 Å². The number of aliphatic hydroxyl groups is 2. The molecule has 5 atom stereocenters. The molecule has 0 aliphatic carbocycles. The van der Waals surface area contributed by atoms with Gasteiger partial charge in [-0.05, 0) is 19.8 Å². The molecule has 1 fully saturated rings. The van der Waals surface area contributed by atoms with E-state index in [1.165, 1.54) is 89.8 Å². The number of nitrogens with zero attached hydrogens (tertiary/aromatic N) is 3. The Labute approximate surface area is 246 Å². The van der Waals surface area contributed by atoms with E-state index in [9.17, 15) is 15.0 Å². The molecule has 0 bridgehead atoms. The quantitative estimate of drug-likeness (QED) is 0.126. The van der Waals surface area contributed by atoms with Crippen molar-refractivity contribution in [2.75, 3.05) is 13.2 Å². The molecule has 3 aliphatic heterocycles.